The number of rotatable bonds is 4. The highest BCUT2D eigenvalue weighted by Crippen LogP contribution is 2.06. The van der Waals surface area contributed by atoms with Crippen molar-refractivity contribution in [2.75, 3.05) is 6.54 Å². The van der Waals surface area contributed by atoms with Crippen LogP contribution in [0.25, 0.3) is 0 Å². The molecule has 1 amide bonds. The molecule has 0 fully saturated rings. The minimum atomic E-state index is -0.0470. The van der Waals surface area contributed by atoms with Crippen molar-refractivity contribution in [3.63, 3.8) is 0 Å². The van der Waals surface area contributed by atoms with Crippen LogP contribution in [0.15, 0.2) is 24.3 Å². The maximum absolute atomic E-state index is 11.8. The zero-order valence-corrected chi connectivity index (χ0v) is 10.2. The average Bonchev–Trinajstić information content (AvgIpc) is 2.25. The summed E-state index contributed by atoms with van der Waals surface area (Å²) in [5.41, 5.74) is 7.57. The molecule has 0 radical (unpaired) electrons. The van der Waals surface area contributed by atoms with E-state index in [1.807, 2.05) is 45.0 Å². The van der Waals surface area contributed by atoms with Crippen LogP contribution in [0.3, 0.4) is 0 Å². The van der Waals surface area contributed by atoms with E-state index in [9.17, 15) is 4.79 Å². The minimum Gasteiger partial charge on any atom is -0.350 e. The molecule has 3 heteroatoms. The number of benzene rings is 1. The Balaban J connectivity index is 2.57. The van der Waals surface area contributed by atoms with E-state index in [1.54, 1.807) is 0 Å². The van der Waals surface area contributed by atoms with Gasteiger partial charge in [-0.25, -0.2) is 0 Å². The second kappa shape index (κ2) is 5.66. The molecule has 1 aromatic rings. The van der Waals surface area contributed by atoms with Crippen molar-refractivity contribution in [3.05, 3.63) is 35.4 Å². The van der Waals surface area contributed by atoms with Crippen LogP contribution >= 0.6 is 0 Å². The average molecular weight is 220 g/mol. The standard InChI is InChI=1S/C13H20N2O/c1-9(2)12(14)8-15-13(16)11-7-5-4-6-10(11)3/h4-7,9,12H,8,14H2,1-3H3,(H,15,16). The van der Waals surface area contributed by atoms with Crippen LogP contribution in [0.2, 0.25) is 0 Å². The van der Waals surface area contributed by atoms with Crippen LogP contribution in [-0.2, 0) is 0 Å². The van der Waals surface area contributed by atoms with Gasteiger partial charge in [-0.2, -0.15) is 0 Å². The van der Waals surface area contributed by atoms with Gasteiger partial charge in [-0.15, -0.1) is 0 Å². The summed E-state index contributed by atoms with van der Waals surface area (Å²) in [5.74, 6) is 0.325. The Morgan fingerprint density at radius 3 is 2.56 bits per heavy atom. The van der Waals surface area contributed by atoms with Gasteiger partial charge in [0.1, 0.15) is 0 Å². The molecule has 0 saturated carbocycles. The Kier molecular flexibility index (Phi) is 4.50. The fourth-order valence-electron chi connectivity index (χ4n) is 1.37. The van der Waals surface area contributed by atoms with Crippen molar-refractivity contribution in [3.8, 4) is 0 Å². The second-order valence-electron chi connectivity index (χ2n) is 4.43. The van der Waals surface area contributed by atoms with Crippen molar-refractivity contribution in [1.29, 1.82) is 0 Å². The van der Waals surface area contributed by atoms with E-state index in [1.165, 1.54) is 0 Å². The number of nitrogens with two attached hydrogens (primary N) is 1. The highest BCUT2D eigenvalue weighted by molar-refractivity contribution is 5.95. The number of aryl methyl sites for hydroxylation is 1. The fraction of sp³-hybridized carbons (Fsp3) is 0.462. The first-order valence-electron chi connectivity index (χ1n) is 5.61. The molecule has 1 unspecified atom stereocenters. The lowest BCUT2D eigenvalue weighted by molar-refractivity contribution is 0.0948. The lowest BCUT2D eigenvalue weighted by Gasteiger charge is -2.16. The molecule has 0 heterocycles. The fourth-order valence-corrected chi connectivity index (χ4v) is 1.37. The van der Waals surface area contributed by atoms with E-state index in [0.29, 0.717) is 12.5 Å². The SMILES string of the molecule is Cc1ccccc1C(=O)NCC(N)C(C)C. The van der Waals surface area contributed by atoms with E-state index >= 15 is 0 Å². The summed E-state index contributed by atoms with van der Waals surface area (Å²) < 4.78 is 0. The third kappa shape index (κ3) is 3.35. The van der Waals surface area contributed by atoms with E-state index in [0.717, 1.165) is 11.1 Å². The molecule has 1 atom stereocenters. The maximum Gasteiger partial charge on any atom is 0.251 e. The normalized spacial score (nSPS) is 12.6. The molecule has 0 bridgehead atoms. The summed E-state index contributed by atoms with van der Waals surface area (Å²) in [6.07, 6.45) is 0. The zero-order valence-electron chi connectivity index (χ0n) is 10.2. The molecule has 0 aliphatic rings. The van der Waals surface area contributed by atoms with E-state index in [4.69, 9.17) is 5.73 Å². The summed E-state index contributed by atoms with van der Waals surface area (Å²) in [6, 6.07) is 7.55. The molecule has 3 N–H and O–H groups in total. The Labute approximate surface area is 97.0 Å². The number of amides is 1. The number of hydrogen-bond donors (Lipinski definition) is 2. The first-order chi connectivity index (χ1) is 7.52. The molecule has 88 valence electrons. The number of hydrogen-bond acceptors (Lipinski definition) is 2. The van der Waals surface area contributed by atoms with Gasteiger partial charge in [0.25, 0.3) is 5.91 Å². The lowest BCUT2D eigenvalue weighted by Crippen LogP contribution is -2.40. The number of nitrogens with one attached hydrogen (secondary N) is 1. The quantitative estimate of drug-likeness (QED) is 0.811. The summed E-state index contributed by atoms with van der Waals surface area (Å²) in [6.45, 7) is 6.54. The van der Waals surface area contributed by atoms with Crippen molar-refractivity contribution in [2.45, 2.75) is 26.8 Å². The predicted molar refractivity (Wildman–Crippen MR) is 66.3 cm³/mol. The van der Waals surface area contributed by atoms with Gasteiger partial charge in [-0.05, 0) is 24.5 Å². The van der Waals surface area contributed by atoms with Gasteiger partial charge < -0.3 is 11.1 Å². The van der Waals surface area contributed by atoms with E-state index < -0.39 is 0 Å². The highest BCUT2D eigenvalue weighted by Gasteiger charge is 2.11. The predicted octanol–water partition coefficient (Wildman–Crippen LogP) is 1.71. The molecule has 0 saturated heterocycles. The van der Waals surface area contributed by atoms with E-state index in [-0.39, 0.29) is 11.9 Å². The van der Waals surface area contributed by atoms with Gasteiger partial charge in [-0.1, -0.05) is 32.0 Å². The second-order valence-corrected chi connectivity index (χ2v) is 4.43. The Morgan fingerprint density at radius 2 is 2.00 bits per heavy atom. The molecule has 1 rings (SSSR count). The minimum absolute atomic E-state index is 0.00738. The van der Waals surface area contributed by atoms with Crippen molar-refractivity contribution < 1.29 is 4.79 Å². The molecular weight excluding hydrogens is 200 g/mol. The van der Waals surface area contributed by atoms with Gasteiger partial charge in [-0.3, -0.25) is 4.79 Å². The Morgan fingerprint density at radius 1 is 1.38 bits per heavy atom. The largest absolute Gasteiger partial charge is 0.350 e. The Hall–Kier alpha value is -1.35. The van der Waals surface area contributed by atoms with Crippen molar-refractivity contribution in [2.24, 2.45) is 11.7 Å². The third-order valence-corrected chi connectivity index (χ3v) is 2.74. The van der Waals surface area contributed by atoms with E-state index in [2.05, 4.69) is 5.32 Å². The molecular formula is C13H20N2O. The maximum atomic E-state index is 11.8. The molecule has 3 nitrogen and oxygen atoms in total. The molecule has 0 aromatic heterocycles. The van der Waals surface area contributed by atoms with Crippen LogP contribution in [-0.4, -0.2) is 18.5 Å². The molecule has 0 spiro atoms. The number of carbonyl (C=O) groups is 1. The summed E-state index contributed by atoms with van der Waals surface area (Å²) in [4.78, 5) is 11.8. The first kappa shape index (κ1) is 12.7. The smallest absolute Gasteiger partial charge is 0.251 e. The topological polar surface area (TPSA) is 55.1 Å². The third-order valence-electron chi connectivity index (χ3n) is 2.74. The van der Waals surface area contributed by atoms with Gasteiger partial charge in [0.15, 0.2) is 0 Å². The first-order valence-corrected chi connectivity index (χ1v) is 5.61. The van der Waals surface area contributed by atoms with Crippen molar-refractivity contribution >= 4 is 5.91 Å². The van der Waals surface area contributed by atoms with Crippen molar-refractivity contribution in [1.82, 2.24) is 5.32 Å². The summed E-state index contributed by atoms with van der Waals surface area (Å²) >= 11 is 0. The van der Waals surface area contributed by atoms with Crippen LogP contribution in [0.1, 0.15) is 29.8 Å². The van der Waals surface area contributed by atoms with Crippen LogP contribution in [0, 0.1) is 12.8 Å². The molecule has 0 aliphatic heterocycles. The van der Waals surface area contributed by atoms with Gasteiger partial charge in [0.2, 0.25) is 0 Å². The number of carbonyl (C=O) groups excluding carboxylic acids is 1. The van der Waals surface area contributed by atoms with Crippen LogP contribution in [0.5, 0.6) is 0 Å². The lowest BCUT2D eigenvalue weighted by atomic mass is 10.0. The molecule has 16 heavy (non-hydrogen) atoms. The monoisotopic (exact) mass is 220 g/mol. The Bertz CT molecular complexity index is 361. The zero-order chi connectivity index (χ0) is 12.1. The van der Waals surface area contributed by atoms with Gasteiger partial charge in [0.05, 0.1) is 0 Å². The van der Waals surface area contributed by atoms with Gasteiger partial charge in [0, 0.05) is 18.2 Å². The summed E-state index contributed by atoms with van der Waals surface area (Å²) in [7, 11) is 0. The van der Waals surface area contributed by atoms with Crippen LogP contribution < -0.4 is 11.1 Å². The molecule has 0 aliphatic carbocycles. The van der Waals surface area contributed by atoms with Crippen LogP contribution in [0.4, 0.5) is 0 Å². The molecule has 1 aromatic carbocycles. The van der Waals surface area contributed by atoms with Gasteiger partial charge >= 0.3 is 0 Å². The highest BCUT2D eigenvalue weighted by atomic mass is 16.1. The summed E-state index contributed by atoms with van der Waals surface area (Å²) in [5, 5.41) is 2.86.